The van der Waals surface area contributed by atoms with Crippen LogP contribution in [-0.4, -0.2) is 18.2 Å². The fourth-order valence-corrected chi connectivity index (χ4v) is 2.53. The maximum Gasteiger partial charge on any atom is 0.0807 e. The number of ether oxygens (including phenoxy) is 1. The lowest BCUT2D eigenvalue weighted by molar-refractivity contribution is -0.0830. The van der Waals surface area contributed by atoms with E-state index in [1.807, 2.05) is 0 Å². The maximum absolute atomic E-state index is 6.13. The molecule has 2 N–H and O–H groups in total. The van der Waals surface area contributed by atoms with E-state index in [2.05, 4.69) is 20.8 Å². The van der Waals surface area contributed by atoms with Gasteiger partial charge in [0.05, 0.1) is 11.7 Å². The van der Waals surface area contributed by atoms with Crippen LogP contribution in [-0.2, 0) is 4.74 Å². The van der Waals surface area contributed by atoms with E-state index >= 15 is 0 Å². The van der Waals surface area contributed by atoms with Crippen molar-refractivity contribution in [2.75, 3.05) is 6.54 Å². The molecule has 1 atom stereocenters. The molecule has 0 heterocycles. The second-order valence-corrected chi connectivity index (χ2v) is 5.15. The quantitative estimate of drug-likeness (QED) is 0.739. The normalized spacial score (nSPS) is 22.9. The highest BCUT2D eigenvalue weighted by atomic mass is 16.5. The van der Waals surface area contributed by atoms with Gasteiger partial charge in [-0.25, -0.2) is 0 Å². The predicted octanol–water partition coefficient (Wildman–Crippen LogP) is 2.71. The van der Waals surface area contributed by atoms with E-state index < -0.39 is 0 Å². The molecule has 0 saturated heterocycles. The van der Waals surface area contributed by atoms with E-state index in [9.17, 15) is 0 Å². The van der Waals surface area contributed by atoms with Crippen molar-refractivity contribution in [2.45, 2.75) is 64.6 Å². The summed E-state index contributed by atoms with van der Waals surface area (Å²) in [6, 6.07) is 0. The Hall–Kier alpha value is -0.0800. The van der Waals surface area contributed by atoms with Crippen molar-refractivity contribution in [2.24, 2.45) is 11.7 Å². The minimum atomic E-state index is 0.0221. The second kappa shape index (κ2) is 5.13. The van der Waals surface area contributed by atoms with Gasteiger partial charge in [-0.15, -0.1) is 0 Å². The summed E-state index contributed by atoms with van der Waals surface area (Å²) in [4.78, 5) is 0. The second-order valence-electron chi connectivity index (χ2n) is 5.15. The average Bonchev–Trinajstić information content (AvgIpc) is 2.52. The van der Waals surface area contributed by atoms with E-state index in [-0.39, 0.29) is 5.60 Å². The Morgan fingerprint density at radius 3 is 2.21 bits per heavy atom. The Morgan fingerprint density at radius 2 is 1.79 bits per heavy atom. The van der Waals surface area contributed by atoms with Gasteiger partial charge < -0.3 is 10.5 Å². The zero-order valence-electron chi connectivity index (χ0n) is 9.88. The van der Waals surface area contributed by atoms with Crippen LogP contribution in [0.2, 0.25) is 0 Å². The van der Waals surface area contributed by atoms with Crippen molar-refractivity contribution < 1.29 is 4.74 Å². The summed E-state index contributed by atoms with van der Waals surface area (Å²) in [5.74, 6) is 0.709. The van der Waals surface area contributed by atoms with Crippen LogP contribution in [0.1, 0.15) is 52.9 Å². The highest BCUT2D eigenvalue weighted by Gasteiger charge is 2.34. The van der Waals surface area contributed by atoms with Gasteiger partial charge >= 0.3 is 0 Å². The Labute approximate surface area is 88.2 Å². The van der Waals surface area contributed by atoms with Crippen molar-refractivity contribution in [3.8, 4) is 0 Å². The van der Waals surface area contributed by atoms with Crippen LogP contribution < -0.4 is 5.73 Å². The van der Waals surface area contributed by atoms with Crippen molar-refractivity contribution in [3.63, 3.8) is 0 Å². The van der Waals surface area contributed by atoms with Crippen LogP contribution in [0.4, 0.5) is 0 Å². The van der Waals surface area contributed by atoms with E-state index in [4.69, 9.17) is 10.5 Å². The van der Waals surface area contributed by atoms with Crippen molar-refractivity contribution in [1.29, 1.82) is 0 Å². The van der Waals surface area contributed by atoms with Gasteiger partial charge in [0.2, 0.25) is 0 Å². The maximum atomic E-state index is 6.13. The van der Waals surface area contributed by atoms with Crippen LogP contribution in [0.15, 0.2) is 0 Å². The first-order valence-corrected chi connectivity index (χ1v) is 5.96. The molecule has 0 aromatic rings. The minimum absolute atomic E-state index is 0.0221. The fourth-order valence-electron chi connectivity index (χ4n) is 2.53. The molecule has 14 heavy (non-hydrogen) atoms. The standard InChI is InChI=1S/C12H25NO/c1-10(2)8-11(3)14-12(9-13)6-4-5-7-12/h10-11H,4-9,13H2,1-3H3. The highest BCUT2D eigenvalue weighted by Crippen LogP contribution is 2.34. The largest absolute Gasteiger partial charge is 0.371 e. The summed E-state index contributed by atoms with van der Waals surface area (Å²) in [6.45, 7) is 7.35. The van der Waals surface area contributed by atoms with Crippen molar-refractivity contribution in [3.05, 3.63) is 0 Å². The number of hydrogen-bond acceptors (Lipinski definition) is 2. The number of hydrogen-bond donors (Lipinski definition) is 1. The summed E-state index contributed by atoms with van der Waals surface area (Å²) in [5, 5.41) is 0. The molecule has 1 aliphatic carbocycles. The lowest BCUT2D eigenvalue weighted by Gasteiger charge is -2.32. The van der Waals surface area contributed by atoms with Gasteiger partial charge in [0.15, 0.2) is 0 Å². The molecule has 84 valence electrons. The van der Waals surface area contributed by atoms with Crippen LogP contribution >= 0.6 is 0 Å². The molecule has 1 fully saturated rings. The Kier molecular flexibility index (Phi) is 4.39. The molecule has 0 aromatic carbocycles. The van der Waals surface area contributed by atoms with Gasteiger partial charge in [0.25, 0.3) is 0 Å². The number of nitrogens with two attached hydrogens (primary N) is 1. The molecule has 0 aromatic heterocycles. The Bertz CT molecular complexity index is 162. The van der Waals surface area contributed by atoms with Crippen LogP contribution in [0.25, 0.3) is 0 Å². The Balaban J connectivity index is 2.39. The topological polar surface area (TPSA) is 35.2 Å². The first-order valence-electron chi connectivity index (χ1n) is 5.96. The van der Waals surface area contributed by atoms with E-state index in [0.717, 1.165) is 19.3 Å². The first kappa shape index (κ1) is 12.0. The highest BCUT2D eigenvalue weighted by molar-refractivity contribution is 4.88. The molecule has 1 rings (SSSR count). The summed E-state index contributed by atoms with van der Waals surface area (Å²) < 4.78 is 6.13. The van der Waals surface area contributed by atoms with Gasteiger partial charge in [0, 0.05) is 6.54 Å². The zero-order valence-corrected chi connectivity index (χ0v) is 9.88. The summed E-state index contributed by atoms with van der Waals surface area (Å²) in [7, 11) is 0. The van der Waals surface area contributed by atoms with E-state index in [0.29, 0.717) is 18.6 Å². The molecular formula is C12H25NO. The summed E-state index contributed by atoms with van der Waals surface area (Å²) in [6.07, 6.45) is 6.38. The average molecular weight is 199 g/mol. The SMILES string of the molecule is CC(C)CC(C)OC1(CN)CCCC1. The molecule has 2 heteroatoms. The molecule has 1 unspecified atom stereocenters. The molecule has 0 bridgehead atoms. The van der Waals surface area contributed by atoms with Gasteiger partial charge in [-0.2, -0.15) is 0 Å². The van der Waals surface area contributed by atoms with Gasteiger partial charge in [-0.1, -0.05) is 26.7 Å². The minimum Gasteiger partial charge on any atom is -0.371 e. The van der Waals surface area contributed by atoms with Crippen LogP contribution in [0.3, 0.4) is 0 Å². The van der Waals surface area contributed by atoms with Crippen molar-refractivity contribution >= 4 is 0 Å². The predicted molar refractivity (Wildman–Crippen MR) is 60.3 cm³/mol. The van der Waals surface area contributed by atoms with Gasteiger partial charge in [0.1, 0.15) is 0 Å². The molecular weight excluding hydrogens is 174 g/mol. The summed E-state index contributed by atoms with van der Waals surface area (Å²) >= 11 is 0. The molecule has 0 radical (unpaired) electrons. The van der Waals surface area contributed by atoms with Gasteiger partial charge in [-0.05, 0) is 32.1 Å². The molecule has 0 spiro atoms. The molecule has 0 amide bonds. The molecule has 1 saturated carbocycles. The summed E-state index contributed by atoms with van der Waals surface area (Å²) in [5.41, 5.74) is 5.85. The third-order valence-electron chi connectivity index (χ3n) is 3.14. The lowest BCUT2D eigenvalue weighted by atomic mass is 10.0. The van der Waals surface area contributed by atoms with Crippen LogP contribution in [0.5, 0.6) is 0 Å². The van der Waals surface area contributed by atoms with Crippen molar-refractivity contribution in [1.82, 2.24) is 0 Å². The molecule has 0 aliphatic heterocycles. The molecule has 1 aliphatic rings. The first-order chi connectivity index (χ1) is 6.58. The molecule has 2 nitrogen and oxygen atoms in total. The van der Waals surface area contributed by atoms with E-state index in [1.165, 1.54) is 12.8 Å². The third-order valence-corrected chi connectivity index (χ3v) is 3.14. The number of rotatable bonds is 5. The lowest BCUT2D eigenvalue weighted by Crippen LogP contribution is -2.40. The van der Waals surface area contributed by atoms with Gasteiger partial charge in [-0.3, -0.25) is 0 Å². The van der Waals surface area contributed by atoms with Crippen LogP contribution in [0, 0.1) is 5.92 Å². The van der Waals surface area contributed by atoms with E-state index in [1.54, 1.807) is 0 Å². The monoisotopic (exact) mass is 199 g/mol. The fraction of sp³-hybridized carbons (Fsp3) is 1.00. The smallest absolute Gasteiger partial charge is 0.0807 e. The third kappa shape index (κ3) is 3.25. The zero-order chi connectivity index (χ0) is 10.6. The Morgan fingerprint density at radius 1 is 1.21 bits per heavy atom.